The number of ether oxygens (including phenoxy) is 1. The van der Waals surface area contributed by atoms with Gasteiger partial charge >= 0.3 is 5.97 Å². The normalized spacial score (nSPS) is 13.2. The van der Waals surface area contributed by atoms with Gasteiger partial charge in [0.25, 0.3) is 5.69 Å². The molecule has 1 aromatic carbocycles. The van der Waals surface area contributed by atoms with Crippen molar-refractivity contribution in [3.63, 3.8) is 0 Å². The van der Waals surface area contributed by atoms with Gasteiger partial charge in [0.1, 0.15) is 12.0 Å². The van der Waals surface area contributed by atoms with E-state index in [2.05, 4.69) is 9.97 Å². The lowest BCUT2D eigenvalue weighted by molar-refractivity contribution is -0.384. The number of non-ortho nitro benzene ring substituents is 1. The molecule has 1 N–H and O–H groups in total. The van der Waals surface area contributed by atoms with Gasteiger partial charge in [-0.3, -0.25) is 14.9 Å². The van der Waals surface area contributed by atoms with E-state index in [4.69, 9.17) is 16.3 Å². The van der Waals surface area contributed by atoms with Crippen LogP contribution in [0.5, 0.6) is 0 Å². The fourth-order valence-electron chi connectivity index (χ4n) is 2.55. The topological polar surface area (TPSA) is 98.1 Å². The molecule has 134 valence electrons. The van der Waals surface area contributed by atoms with E-state index in [9.17, 15) is 14.9 Å². The Morgan fingerprint density at radius 2 is 2.08 bits per heavy atom. The number of nitro benzene ring substituents is 1. The predicted molar refractivity (Wildman–Crippen MR) is 93.4 cm³/mol. The number of esters is 1. The Morgan fingerprint density at radius 3 is 2.60 bits per heavy atom. The number of hydrogen-bond donors (Lipinski definition) is 1. The van der Waals surface area contributed by atoms with E-state index < -0.39 is 16.3 Å². The lowest BCUT2D eigenvalue weighted by Crippen LogP contribution is -2.35. The third-order valence-corrected chi connectivity index (χ3v) is 4.43. The second kappa shape index (κ2) is 8.11. The lowest BCUT2D eigenvalue weighted by Gasteiger charge is -2.26. The summed E-state index contributed by atoms with van der Waals surface area (Å²) >= 11 is 6.10. The summed E-state index contributed by atoms with van der Waals surface area (Å²) in [5.41, 5.74) is 0.278. The molecule has 0 fully saturated rings. The highest BCUT2D eigenvalue weighted by molar-refractivity contribution is 6.30. The molecular formula is C17H20ClN3O4. The first-order valence-electron chi connectivity index (χ1n) is 7.98. The molecule has 0 aliphatic carbocycles. The number of aromatic amines is 1. The molecule has 0 aliphatic heterocycles. The van der Waals surface area contributed by atoms with E-state index in [0.29, 0.717) is 17.7 Å². The Labute approximate surface area is 150 Å². The maximum Gasteiger partial charge on any atom is 0.318 e. The Hall–Kier alpha value is -2.41. The van der Waals surface area contributed by atoms with Crippen LogP contribution in [0, 0.1) is 10.1 Å². The number of nitrogens with zero attached hydrogens (tertiary/aromatic N) is 2. The summed E-state index contributed by atoms with van der Waals surface area (Å²) in [6.45, 7) is 3.85. The molecule has 0 saturated carbocycles. The van der Waals surface area contributed by atoms with Gasteiger partial charge in [-0.25, -0.2) is 4.98 Å². The average molecular weight is 366 g/mol. The van der Waals surface area contributed by atoms with Crippen molar-refractivity contribution >= 4 is 23.3 Å². The number of H-pyrrole nitrogens is 1. The van der Waals surface area contributed by atoms with Crippen molar-refractivity contribution < 1.29 is 14.5 Å². The van der Waals surface area contributed by atoms with Gasteiger partial charge in [-0.15, -0.1) is 0 Å². The molecular weight excluding hydrogens is 346 g/mol. The smallest absolute Gasteiger partial charge is 0.318 e. The highest BCUT2D eigenvalue weighted by Gasteiger charge is 2.39. The van der Waals surface area contributed by atoms with Gasteiger partial charge in [-0.05, 0) is 31.0 Å². The fraction of sp³-hybridized carbons (Fsp3) is 0.412. The number of nitrogens with one attached hydrogen (secondary N) is 1. The van der Waals surface area contributed by atoms with E-state index >= 15 is 0 Å². The van der Waals surface area contributed by atoms with Crippen molar-refractivity contribution in [2.45, 2.75) is 45.1 Å². The van der Waals surface area contributed by atoms with E-state index in [-0.39, 0.29) is 17.4 Å². The molecule has 1 heterocycles. The summed E-state index contributed by atoms with van der Waals surface area (Å²) in [6.07, 6.45) is 3.78. The number of hydrogen-bond acceptors (Lipinski definition) is 5. The van der Waals surface area contributed by atoms with Gasteiger partial charge < -0.3 is 9.72 Å². The number of unbranched alkanes of at least 4 members (excludes halogenated alkanes) is 1. The summed E-state index contributed by atoms with van der Waals surface area (Å²) in [4.78, 5) is 29.8. The minimum atomic E-state index is -0.926. The number of halogens is 1. The lowest BCUT2D eigenvalue weighted by atomic mass is 9.82. The van der Waals surface area contributed by atoms with Crippen LogP contribution >= 0.6 is 11.6 Å². The van der Waals surface area contributed by atoms with Gasteiger partial charge in [0, 0.05) is 12.1 Å². The number of carbonyl (C=O) groups excluding carboxylic acids is 1. The van der Waals surface area contributed by atoms with Gasteiger partial charge in [0.15, 0.2) is 5.15 Å². The largest absolute Gasteiger partial charge is 0.460 e. The second-order valence-corrected chi connectivity index (χ2v) is 6.36. The van der Waals surface area contributed by atoms with Crippen LogP contribution in [0.3, 0.4) is 0 Å². The van der Waals surface area contributed by atoms with E-state index in [1.54, 1.807) is 19.1 Å². The van der Waals surface area contributed by atoms with Crippen molar-refractivity contribution in [3.05, 3.63) is 57.1 Å². The third kappa shape index (κ3) is 4.36. The zero-order valence-corrected chi connectivity index (χ0v) is 14.9. The first-order valence-corrected chi connectivity index (χ1v) is 8.36. The number of imidazole rings is 1. The Kier molecular flexibility index (Phi) is 6.14. The van der Waals surface area contributed by atoms with Crippen molar-refractivity contribution in [2.24, 2.45) is 0 Å². The number of benzene rings is 1. The van der Waals surface area contributed by atoms with Crippen molar-refractivity contribution in [3.8, 4) is 0 Å². The highest BCUT2D eigenvalue weighted by Crippen LogP contribution is 2.34. The first kappa shape index (κ1) is 18.9. The Bertz CT molecular complexity index is 745. The summed E-state index contributed by atoms with van der Waals surface area (Å²) in [5, 5.41) is 10.9. The number of rotatable bonds is 8. The maximum absolute atomic E-state index is 12.7. The summed E-state index contributed by atoms with van der Waals surface area (Å²) < 4.78 is 5.45. The van der Waals surface area contributed by atoms with Crippen LogP contribution < -0.4 is 0 Å². The minimum absolute atomic E-state index is 0.00731. The summed E-state index contributed by atoms with van der Waals surface area (Å²) in [5.74, 6) is -0.412. The molecule has 8 heteroatoms. The minimum Gasteiger partial charge on any atom is -0.460 e. The van der Waals surface area contributed by atoms with Crippen LogP contribution in [0.2, 0.25) is 5.15 Å². The van der Waals surface area contributed by atoms with Crippen LogP contribution in [0.4, 0.5) is 5.69 Å². The van der Waals surface area contributed by atoms with E-state index in [1.807, 2.05) is 6.92 Å². The van der Waals surface area contributed by atoms with Gasteiger partial charge in [0.05, 0.1) is 16.9 Å². The molecule has 0 radical (unpaired) electrons. The van der Waals surface area contributed by atoms with Crippen LogP contribution in [-0.4, -0.2) is 20.9 Å². The van der Waals surface area contributed by atoms with Crippen LogP contribution in [0.25, 0.3) is 0 Å². The molecule has 7 nitrogen and oxygen atoms in total. The van der Waals surface area contributed by atoms with Gasteiger partial charge in [-0.1, -0.05) is 31.4 Å². The molecule has 2 rings (SSSR count). The Morgan fingerprint density at radius 1 is 1.40 bits per heavy atom. The van der Waals surface area contributed by atoms with E-state index in [0.717, 1.165) is 12.8 Å². The molecule has 1 atom stereocenters. The molecule has 0 amide bonds. The average Bonchev–Trinajstić information content (AvgIpc) is 3.04. The molecule has 0 bridgehead atoms. The molecule has 0 saturated heterocycles. The van der Waals surface area contributed by atoms with Crippen molar-refractivity contribution in [1.29, 1.82) is 0 Å². The highest BCUT2D eigenvalue weighted by atomic mass is 35.5. The number of carbonyl (C=O) groups is 1. The molecule has 25 heavy (non-hydrogen) atoms. The monoisotopic (exact) mass is 365 g/mol. The van der Waals surface area contributed by atoms with Gasteiger partial charge in [0.2, 0.25) is 0 Å². The van der Waals surface area contributed by atoms with Crippen molar-refractivity contribution in [2.75, 3.05) is 0 Å². The molecule has 0 spiro atoms. The third-order valence-electron chi connectivity index (χ3n) is 4.14. The molecule has 1 unspecified atom stereocenters. The van der Waals surface area contributed by atoms with Crippen LogP contribution in [0.15, 0.2) is 30.6 Å². The Balaban J connectivity index is 2.12. The van der Waals surface area contributed by atoms with Gasteiger partial charge in [-0.2, -0.15) is 0 Å². The standard InChI is InChI=1S/C17H20ClN3O4/c1-3-4-9-17(2,14-15(18)20-11-19-14)16(22)25-10-12-5-7-13(8-6-12)21(23)24/h5-8,11H,3-4,9-10H2,1-2H3,(H,19,20). The molecule has 2 aromatic rings. The zero-order chi connectivity index (χ0) is 18.4. The summed E-state index contributed by atoms with van der Waals surface area (Å²) in [6, 6.07) is 5.90. The summed E-state index contributed by atoms with van der Waals surface area (Å²) in [7, 11) is 0. The first-order chi connectivity index (χ1) is 11.9. The molecule has 0 aliphatic rings. The number of aromatic nitrogens is 2. The van der Waals surface area contributed by atoms with Crippen LogP contribution in [-0.2, 0) is 21.6 Å². The second-order valence-electron chi connectivity index (χ2n) is 6.00. The number of nitro groups is 1. The van der Waals surface area contributed by atoms with E-state index in [1.165, 1.54) is 18.5 Å². The molecule has 1 aromatic heterocycles. The van der Waals surface area contributed by atoms with Crippen LogP contribution in [0.1, 0.15) is 44.4 Å². The quantitative estimate of drug-likeness (QED) is 0.430. The predicted octanol–water partition coefficient (Wildman–Crippen LogP) is 4.16. The maximum atomic E-state index is 12.7. The van der Waals surface area contributed by atoms with Crippen molar-refractivity contribution in [1.82, 2.24) is 9.97 Å². The zero-order valence-electron chi connectivity index (χ0n) is 14.1. The SMILES string of the molecule is CCCCC(C)(C(=O)OCc1ccc([N+](=O)[O-])cc1)c1[nH]cnc1Cl. The fourth-order valence-corrected chi connectivity index (χ4v) is 2.86.